The number of carbonyl (C=O) groups excluding carboxylic acids is 1. The van der Waals surface area contributed by atoms with E-state index >= 15 is 0 Å². The molecule has 112 valence electrons. The van der Waals surface area contributed by atoms with E-state index in [9.17, 15) is 4.79 Å². The second kappa shape index (κ2) is 5.80. The van der Waals surface area contributed by atoms with Crippen molar-refractivity contribution in [3.63, 3.8) is 0 Å². The van der Waals surface area contributed by atoms with E-state index < -0.39 is 5.54 Å². The summed E-state index contributed by atoms with van der Waals surface area (Å²) < 4.78 is 0. The maximum absolute atomic E-state index is 12.0. The van der Waals surface area contributed by atoms with Crippen LogP contribution in [0.4, 0.5) is 0 Å². The number of nitrogens with one attached hydrogen (secondary N) is 1. The van der Waals surface area contributed by atoms with Crippen molar-refractivity contribution >= 4 is 5.91 Å². The molecule has 1 aliphatic rings. The molecular weight excluding hydrogens is 238 g/mol. The number of primary amides is 1. The van der Waals surface area contributed by atoms with Gasteiger partial charge in [0.25, 0.3) is 0 Å². The van der Waals surface area contributed by atoms with Gasteiger partial charge in [-0.1, -0.05) is 27.7 Å². The normalized spacial score (nSPS) is 21.2. The van der Waals surface area contributed by atoms with Gasteiger partial charge in [0.2, 0.25) is 5.91 Å². The number of nitrogens with zero attached hydrogens (tertiary/aromatic N) is 1. The Morgan fingerprint density at radius 2 is 1.95 bits per heavy atom. The molecule has 0 saturated heterocycles. The SMILES string of the molecule is CCNC(CN(C)C(C)C(C)(C)C)(C(N)=O)C1CC1. The van der Waals surface area contributed by atoms with Crippen molar-refractivity contribution in [3.8, 4) is 0 Å². The van der Waals surface area contributed by atoms with E-state index in [4.69, 9.17) is 5.73 Å². The van der Waals surface area contributed by atoms with Gasteiger partial charge in [-0.15, -0.1) is 0 Å². The number of likely N-dealkylation sites (N-methyl/N-ethyl adjacent to an activating group) is 2. The first kappa shape index (κ1) is 16.4. The number of rotatable bonds is 7. The Morgan fingerprint density at radius 1 is 1.42 bits per heavy atom. The molecule has 2 atom stereocenters. The summed E-state index contributed by atoms with van der Waals surface area (Å²) in [4.78, 5) is 14.3. The van der Waals surface area contributed by atoms with Gasteiger partial charge in [-0.2, -0.15) is 0 Å². The summed E-state index contributed by atoms with van der Waals surface area (Å²) >= 11 is 0. The third kappa shape index (κ3) is 3.69. The summed E-state index contributed by atoms with van der Waals surface area (Å²) in [5.41, 5.74) is 5.36. The molecule has 4 heteroatoms. The molecule has 0 aromatic carbocycles. The molecule has 0 aromatic heterocycles. The lowest BCUT2D eigenvalue weighted by Crippen LogP contribution is -2.64. The Balaban J connectivity index is 2.86. The monoisotopic (exact) mass is 269 g/mol. The number of nitrogens with two attached hydrogens (primary N) is 1. The van der Waals surface area contributed by atoms with Crippen LogP contribution in [0.2, 0.25) is 0 Å². The molecule has 19 heavy (non-hydrogen) atoms. The molecule has 4 nitrogen and oxygen atoms in total. The predicted octanol–water partition coefficient (Wildman–Crippen LogP) is 1.60. The van der Waals surface area contributed by atoms with E-state index in [0.29, 0.717) is 18.5 Å². The number of hydrogen-bond donors (Lipinski definition) is 2. The topological polar surface area (TPSA) is 58.4 Å². The Kier molecular flexibility index (Phi) is 5.02. The van der Waals surface area contributed by atoms with Crippen LogP contribution in [0.25, 0.3) is 0 Å². The molecule has 3 N–H and O–H groups in total. The van der Waals surface area contributed by atoms with Crippen molar-refractivity contribution in [1.82, 2.24) is 10.2 Å². The summed E-state index contributed by atoms with van der Waals surface area (Å²) in [5, 5.41) is 3.38. The largest absolute Gasteiger partial charge is 0.368 e. The van der Waals surface area contributed by atoms with Crippen molar-refractivity contribution in [2.75, 3.05) is 20.1 Å². The minimum absolute atomic E-state index is 0.188. The van der Waals surface area contributed by atoms with Crippen LogP contribution in [0.1, 0.15) is 47.5 Å². The van der Waals surface area contributed by atoms with Crippen molar-refractivity contribution in [2.45, 2.75) is 59.0 Å². The fourth-order valence-corrected chi connectivity index (χ4v) is 2.78. The van der Waals surface area contributed by atoms with Crippen molar-refractivity contribution < 1.29 is 4.79 Å². The summed E-state index contributed by atoms with van der Waals surface area (Å²) in [6.07, 6.45) is 2.21. The van der Waals surface area contributed by atoms with Crippen molar-refractivity contribution in [3.05, 3.63) is 0 Å². The second-order valence-electron chi connectivity index (χ2n) is 7.10. The third-order valence-corrected chi connectivity index (χ3v) is 4.62. The number of carbonyl (C=O) groups is 1. The molecule has 0 bridgehead atoms. The van der Waals surface area contributed by atoms with Crippen LogP contribution in [0.3, 0.4) is 0 Å². The Bertz CT molecular complexity index is 320. The highest BCUT2D eigenvalue weighted by Crippen LogP contribution is 2.40. The highest BCUT2D eigenvalue weighted by atomic mass is 16.1. The van der Waals surface area contributed by atoms with Crippen LogP contribution in [-0.4, -0.2) is 42.5 Å². The van der Waals surface area contributed by atoms with Gasteiger partial charge >= 0.3 is 0 Å². The van der Waals surface area contributed by atoms with Gasteiger partial charge in [-0.25, -0.2) is 0 Å². The summed E-state index contributed by atoms with van der Waals surface area (Å²) in [5.74, 6) is 0.198. The second-order valence-corrected chi connectivity index (χ2v) is 7.10. The zero-order valence-corrected chi connectivity index (χ0v) is 13.4. The molecule has 1 saturated carbocycles. The van der Waals surface area contributed by atoms with E-state index in [1.54, 1.807) is 0 Å². The highest BCUT2D eigenvalue weighted by molar-refractivity contribution is 5.86. The molecular formula is C15H31N3O. The lowest BCUT2D eigenvalue weighted by molar-refractivity contribution is -0.126. The fourth-order valence-electron chi connectivity index (χ4n) is 2.78. The fraction of sp³-hybridized carbons (Fsp3) is 0.933. The van der Waals surface area contributed by atoms with Gasteiger partial charge in [0.1, 0.15) is 5.54 Å². The molecule has 1 aliphatic carbocycles. The first-order valence-corrected chi connectivity index (χ1v) is 7.40. The lowest BCUT2D eigenvalue weighted by Gasteiger charge is -2.41. The third-order valence-electron chi connectivity index (χ3n) is 4.62. The van der Waals surface area contributed by atoms with Gasteiger partial charge in [0.05, 0.1) is 0 Å². The Hall–Kier alpha value is -0.610. The van der Waals surface area contributed by atoms with Gasteiger partial charge in [0, 0.05) is 12.6 Å². The molecule has 0 heterocycles. The zero-order valence-electron chi connectivity index (χ0n) is 13.4. The molecule has 0 spiro atoms. The smallest absolute Gasteiger partial charge is 0.239 e. The summed E-state index contributed by atoms with van der Waals surface area (Å²) in [6, 6.07) is 0.392. The van der Waals surface area contributed by atoms with E-state index in [1.165, 1.54) is 0 Å². The minimum atomic E-state index is -0.553. The first-order valence-electron chi connectivity index (χ1n) is 7.40. The first-order chi connectivity index (χ1) is 8.65. The standard InChI is InChI=1S/C15H31N3O/c1-7-17-15(13(16)19,12-8-9-12)10-18(6)11(2)14(3,4)5/h11-12,17H,7-10H2,1-6H3,(H2,16,19). The average Bonchev–Trinajstić information content (AvgIpc) is 3.09. The Morgan fingerprint density at radius 3 is 2.26 bits per heavy atom. The summed E-state index contributed by atoms with van der Waals surface area (Å²) in [6.45, 7) is 12.4. The van der Waals surface area contributed by atoms with Crippen LogP contribution >= 0.6 is 0 Å². The van der Waals surface area contributed by atoms with Gasteiger partial charge in [0.15, 0.2) is 0 Å². The molecule has 0 aliphatic heterocycles. The van der Waals surface area contributed by atoms with Crippen molar-refractivity contribution in [1.29, 1.82) is 0 Å². The molecule has 2 unspecified atom stereocenters. The summed E-state index contributed by atoms with van der Waals surface area (Å²) in [7, 11) is 2.09. The van der Waals surface area contributed by atoms with Gasteiger partial charge < -0.3 is 16.0 Å². The highest BCUT2D eigenvalue weighted by Gasteiger charge is 2.50. The van der Waals surface area contributed by atoms with Crippen LogP contribution in [0.5, 0.6) is 0 Å². The lowest BCUT2D eigenvalue weighted by atomic mass is 9.85. The molecule has 1 fully saturated rings. The minimum Gasteiger partial charge on any atom is -0.368 e. The zero-order chi connectivity index (χ0) is 14.8. The van der Waals surface area contributed by atoms with E-state index in [2.05, 4.69) is 45.0 Å². The van der Waals surface area contributed by atoms with Crippen LogP contribution in [0, 0.1) is 11.3 Å². The number of hydrogen-bond acceptors (Lipinski definition) is 3. The van der Waals surface area contributed by atoms with Crippen LogP contribution in [-0.2, 0) is 4.79 Å². The van der Waals surface area contributed by atoms with E-state index in [1.807, 2.05) is 6.92 Å². The number of amides is 1. The molecule has 1 rings (SSSR count). The predicted molar refractivity (Wildman–Crippen MR) is 79.9 cm³/mol. The van der Waals surface area contributed by atoms with Crippen molar-refractivity contribution in [2.24, 2.45) is 17.1 Å². The quantitative estimate of drug-likeness (QED) is 0.738. The average molecular weight is 269 g/mol. The van der Waals surface area contributed by atoms with Gasteiger partial charge in [-0.3, -0.25) is 4.79 Å². The molecule has 0 radical (unpaired) electrons. The Labute approximate surface area is 118 Å². The molecule has 0 aromatic rings. The maximum atomic E-state index is 12.0. The van der Waals surface area contributed by atoms with Crippen LogP contribution in [0.15, 0.2) is 0 Å². The molecule has 1 amide bonds. The van der Waals surface area contributed by atoms with Crippen LogP contribution < -0.4 is 11.1 Å². The van der Waals surface area contributed by atoms with E-state index in [-0.39, 0.29) is 11.3 Å². The van der Waals surface area contributed by atoms with Gasteiger partial charge in [-0.05, 0) is 44.7 Å². The maximum Gasteiger partial charge on any atom is 0.239 e. The van der Waals surface area contributed by atoms with E-state index in [0.717, 1.165) is 19.4 Å².